The number of nitrogens with zero attached hydrogens (tertiary/aromatic N) is 2. The van der Waals surface area contributed by atoms with E-state index in [2.05, 4.69) is 35.9 Å². The molecule has 2 heterocycles. The van der Waals surface area contributed by atoms with Crippen molar-refractivity contribution < 1.29 is 14.2 Å². The van der Waals surface area contributed by atoms with Crippen LogP contribution in [0.4, 0.5) is 0 Å². The second-order valence-corrected chi connectivity index (χ2v) is 6.52. The lowest BCUT2D eigenvalue weighted by molar-refractivity contribution is 0.0674. The van der Waals surface area contributed by atoms with Crippen LogP contribution in [0.3, 0.4) is 0 Å². The summed E-state index contributed by atoms with van der Waals surface area (Å²) in [6.07, 6.45) is 0. The Morgan fingerprint density at radius 3 is 2.50 bits per heavy atom. The summed E-state index contributed by atoms with van der Waals surface area (Å²) in [6.45, 7) is 9.18. The van der Waals surface area contributed by atoms with Crippen LogP contribution in [0.5, 0.6) is 11.5 Å². The van der Waals surface area contributed by atoms with Crippen molar-refractivity contribution in [3.05, 3.63) is 23.8 Å². The standard InChI is InChI=1S/C17H25N3O3.HI/c1-17(2,12-19-16(18)20-5-7-21-8-6-20)13-3-4-14-15(11-13)23-10-9-22-14;/h3-4,11H,5-10,12H2,1-2H3,(H2,18,19);1H. The van der Waals surface area contributed by atoms with Crippen molar-refractivity contribution in [1.82, 2.24) is 4.90 Å². The summed E-state index contributed by atoms with van der Waals surface area (Å²) in [7, 11) is 0. The van der Waals surface area contributed by atoms with Crippen LogP contribution in [0.1, 0.15) is 19.4 Å². The molecule has 0 amide bonds. The molecule has 1 saturated heterocycles. The number of benzene rings is 1. The van der Waals surface area contributed by atoms with E-state index in [1.54, 1.807) is 0 Å². The molecule has 134 valence electrons. The van der Waals surface area contributed by atoms with Crippen LogP contribution in [0.15, 0.2) is 23.2 Å². The van der Waals surface area contributed by atoms with E-state index in [1.807, 2.05) is 6.07 Å². The Morgan fingerprint density at radius 2 is 1.79 bits per heavy atom. The number of fused-ring (bicyclic) bond motifs is 1. The van der Waals surface area contributed by atoms with E-state index in [0.29, 0.717) is 38.9 Å². The van der Waals surface area contributed by atoms with Crippen LogP contribution < -0.4 is 15.2 Å². The van der Waals surface area contributed by atoms with Gasteiger partial charge in [-0.2, -0.15) is 0 Å². The first kappa shape index (κ1) is 19.1. The summed E-state index contributed by atoms with van der Waals surface area (Å²) < 4.78 is 16.6. The van der Waals surface area contributed by atoms with Gasteiger partial charge in [0.15, 0.2) is 17.5 Å². The summed E-state index contributed by atoms with van der Waals surface area (Å²) >= 11 is 0. The fourth-order valence-electron chi connectivity index (χ4n) is 2.73. The molecule has 0 aliphatic carbocycles. The Bertz CT molecular complexity index is 586. The molecule has 6 nitrogen and oxygen atoms in total. The van der Waals surface area contributed by atoms with E-state index >= 15 is 0 Å². The number of nitrogens with two attached hydrogens (primary N) is 1. The molecule has 24 heavy (non-hydrogen) atoms. The van der Waals surface area contributed by atoms with E-state index in [9.17, 15) is 0 Å². The Balaban J connectivity index is 0.00000208. The predicted molar refractivity (Wildman–Crippen MR) is 105 cm³/mol. The monoisotopic (exact) mass is 447 g/mol. The van der Waals surface area contributed by atoms with Gasteiger partial charge in [0.1, 0.15) is 13.2 Å². The maximum Gasteiger partial charge on any atom is 0.191 e. The molecule has 0 radical (unpaired) electrons. The Kier molecular flexibility index (Phi) is 6.56. The van der Waals surface area contributed by atoms with Gasteiger partial charge in [-0.3, -0.25) is 4.99 Å². The Labute approximate surface area is 160 Å². The lowest BCUT2D eigenvalue weighted by Gasteiger charge is -2.29. The van der Waals surface area contributed by atoms with Crippen molar-refractivity contribution in [3.63, 3.8) is 0 Å². The lowest BCUT2D eigenvalue weighted by atomic mass is 9.84. The third-order valence-electron chi connectivity index (χ3n) is 4.30. The molecular formula is C17H26IN3O3. The number of hydrogen-bond donors (Lipinski definition) is 1. The van der Waals surface area contributed by atoms with E-state index in [1.165, 1.54) is 5.56 Å². The highest BCUT2D eigenvalue weighted by Crippen LogP contribution is 2.35. The molecule has 1 aromatic carbocycles. The Hall–Kier alpha value is -1.22. The van der Waals surface area contributed by atoms with Crippen molar-refractivity contribution >= 4 is 29.9 Å². The Morgan fingerprint density at radius 1 is 1.12 bits per heavy atom. The normalized spacial score (nSPS) is 18.1. The van der Waals surface area contributed by atoms with Gasteiger partial charge in [0, 0.05) is 18.5 Å². The number of guanidine groups is 1. The fourth-order valence-corrected chi connectivity index (χ4v) is 2.73. The maximum atomic E-state index is 6.12. The number of halogens is 1. The molecule has 0 spiro atoms. The number of rotatable bonds is 3. The van der Waals surface area contributed by atoms with Gasteiger partial charge in [-0.05, 0) is 17.7 Å². The highest BCUT2D eigenvalue weighted by atomic mass is 127. The van der Waals surface area contributed by atoms with Gasteiger partial charge in [0.05, 0.1) is 19.8 Å². The van der Waals surface area contributed by atoms with Crippen molar-refractivity contribution in [3.8, 4) is 11.5 Å². The topological polar surface area (TPSA) is 69.3 Å². The summed E-state index contributed by atoms with van der Waals surface area (Å²) in [5.41, 5.74) is 7.15. The van der Waals surface area contributed by atoms with Crippen LogP contribution in [0.25, 0.3) is 0 Å². The first-order valence-corrected chi connectivity index (χ1v) is 8.09. The molecule has 0 atom stereocenters. The van der Waals surface area contributed by atoms with Gasteiger partial charge in [-0.1, -0.05) is 19.9 Å². The highest BCUT2D eigenvalue weighted by Gasteiger charge is 2.24. The number of morpholine rings is 1. The zero-order valence-corrected chi connectivity index (χ0v) is 16.6. The SMILES string of the molecule is CC(C)(CN=C(N)N1CCOCC1)c1ccc2c(c1)OCCO2.I. The number of hydrogen-bond acceptors (Lipinski definition) is 4. The smallest absolute Gasteiger partial charge is 0.191 e. The van der Waals surface area contributed by atoms with Gasteiger partial charge >= 0.3 is 0 Å². The molecular weight excluding hydrogens is 421 g/mol. The molecule has 7 heteroatoms. The second-order valence-electron chi connectivity index (χ2n) is 6.52. The van der Waals surface area contributed by atoms with Gasteiger partial charge in [-0.25, -0.2) is 0 Å². The molecule has 3 rings (SSSR count). The van der Waals surface area contributed by atoms with E-state index in [4.69, 9.17) is 19.9 Å². The minimum Gasteiger partial charge on any atom is -0.486 e. The largest absolute Gasteiger partial charge is 0.486 e. The molecule has 1 aromatic rings. The van der Waals surface area contributed by atoms with Crippen molar-refractivity contribution in [2.24, 2.45) is 10.7 Å². The predicted octanol–water partition coefficient (Wildman–Crippen LogP) is 2.00. The minimum atomic E-state index is -0.132. The van der Waals surface area contributed by atoms with Gasteiger partial charge < -0.3 is 24.8 Å². The summed E-state index contributed by atoms with van der Waals surface area (Å²) in [5.74, 6) is 2.22. The van der Waals surface area contributed by atoms with Gasteiger partial charge in [-0.15, -0.1) is 24.0 Å². The quantitative estimate of drug-likeness (QED) is 0.436. The highest BCUT2D eigenvalue weighted by molar-refractivity contribution is 14.0. The van der Waals surface area contributed by atoms with Crippen molar-refractivity contribution in [2.75, 3.05) is 46.1 Å². The third kappa shape index (κ3) is 4.44. The average molecular weight is 447 g/mol. The average Bonchev–Trinajstić information content (AvgIpc) is 2.60. The first-order chi connectivity index (χ1) is 11.1. The minimum absolute atomic E-state index is 0. The van der Waals surface area contributed by atoms with E-state index in [0.717, 1.165) is 24.6 Å². The molecule has 0 saturated carbocycles. The van der Waals surface area contributed by atoms with Crippen LogP contribution >= 0.6 is 24.0 Å². The van der Waals surface area contributed by atoms with Crippen molar-refractivity contribution in [2.45, 2.75) is 19.3 Å². The van der Waals surface area contributed by atoms with Crippen LogP contribution in [0.2, 0.25) is 0 Å². The molecule has 0 bridgehead atoms. The summed E-state index contributed by atoms with van der Waals surface area (Å²) in [4.78, 5) is 6.67. The molecule has 1 fully saturated rings. The molecule has 0 unspecified atom stereocenters. The fraction of sp³-hybridized carbons (Fsp3) is 0.588. The van der Waals surface area contributed by atoms with Crippen LogP contribution in [-0.4, -0.2) is 56.9 Å². The molecule has 0 aromatic heterocycles. The van der Waals surface area contributed by atoms with E-state index in [-0.39, 0.29) is 29.4 Å². The maximum absolute atomic E-state index is 6.12. The molecule has 2 N–H and O–H groups in total. The first-order valence-electron chi connectivity index (χ1n) is 8.09. The van der Waals surface area contributed by atoms with E-state index < -0.39 is 0 Å². The zero-order valence-electron chi connectivity index (χ0n) is 14.3. The van der Waals surface area contributed by atoms with Crippen LogP contribution in [0, 0.1) is 0 Å². The molecule has 2 aliphatic rings. The lowest BCUT2D eigenvalue weighted by Crippen LogP contribution is -2.45. The summed E-state index contributed by atoms with van der Waals surface area (Å²) in [5, 5.41) is 0. The molecule has 2 aliphatic heterocycles. The number of ether oxygens (including phenoxy) is 3. The number of aliphatic imine (C=N–C) groups is 1. The second kappa shape index (κ2) is 8.24. The van der Waals surface area contributed by atoms with Crippen molar-refractivity contribution in [1.29, 1.82) is 0 Å². The van der Waals surface area contributed by atoms with Gasteiger partial charge in [0.2, 0.25) is 0 Å². The zero-order chi connectivity index (χ0) is 16.3. The third-order valence-corrected chi connectivity index (χ3v) is 4.30. The van der Waals surface area contributed by atoms with Crippen LogP contribution in [-0.2, 0) is 10.2 Å². The van der Waals surface area contributed by atoms with Gasteiger partial charge in [0.25, 0.3) is 0 Å². The summed E-state index contributed by atoms with van der Waals surface area (Å²) in [6, 6.07) is 6.10.